The van der Waals surface area contributed by atoms with Crippen LogP contribution in [0.2, 0.25) is 0 Å². The Morgan fingerprint density at radius 1 is 0.750 bits per heavy atom. The predicted octanol–water partition coefficient (Wildman–Crippen LogP) is 5.85. The molecule has 0 bridgehead atoms. The van der Waals surface area contributed by atoms with Crippen molar-refractivity contribution in [1.82, 2.24) is 29.8 Å². The van der Waals surface area contributed by atoms with Gasteiger partial charge in [-0.2, -0.15) is 13.5 Å². The zero-order valence-corrected chi connectivity index (χ0v) is 35.3. The number of benzene rings is 5. The van der Waals surface area contributed by atoms with Crippen LogP contribution in [0.4, 0.5) is 4.79 Å². The lowest BCUT2D eigenvalue weighted by Crippen LogP contribution is -2.40. The summed E-state index contributed by atoms with van der Waals surface area (Å²) in [5.41, 5.74) is 7.25. The molecular formula is C41H43N7O9S3. The van der Waals surface area contributed by atoms with Gasteiger partial charge in [-0.15, -0.1) is 0 Å². The van der Waals surface area contributed by atoms with Crippen LogP contribution in [0.25, 0.3) is 28.2 Å². The molecule has 60 heavy (non-hydrogen) atoms. The minimum atomic E-state index is -4.02. The molecule has 6 N–H and O–H groups in total. The number of aromatic nitrogens is 4. The summed E-state index contributed by atoms with van der Waals surface area (Å²) in [5.74, 6) is 1.43. The van der Waals surface area contributed by atoms with E-state index < -0.39 is 36.2 Å². The van der Waals surface area contributed by atoms with E-state index in [4.69, 9.17) is 19.4 Å². The number of nitrogens with two attached hydrogens (primary N) is 1. The molecule has 16 nitrogen and oxygen atoms in total. The molecule has 314 valence electrons. The van der Waals surface area contributed by atoms with Crippen molar-refractivity contribution in [3.63, 3.8) is 0 Å². The number of hydrogen-bond acceptors (Lipinski definition) is 10. The fourth-order valence-electron chi connectivity index (χ4n) is 5.51. The predicted molar refractivity (Wildman–Crippen MR) is 227 cm³/mol. The lowest BCUT2D eigenvalue weighted by molar-refractivity contribution is 0.246. The maximum atomic E-state index is 12.4. The summed E-state index contributed by atoms with van der Waals surface area (Å²) in [6.07, 6.45) is 2.20. The zero-order valence-electron chi connectivity index (χ0n) is 32.9. The van der Waals surface area contributed by atoms with Crippen molar-refractivity contribution in [1.29, 1.82) is 0 Å². The number of sulfonamides is 2. The average Bonchev–Trinajstić information content (AvgIpc) is 3.87. The van der Waals surface area contributed by atoms with Gasteiger partial charge >= 0.3 is 6.03 Å². The van der Waals surface area contributed by atoms with Crippen LogP contribution in [0.1, 0.15) is 22.3 Å². The molecular weight excluding hydrogens is 831 g/mol. The number of methoxy groups -OCH3 is 1. The van der Waals surface area contributed by atoms with Gasteiger partial charge < -0.3 is 10.1 Å². The number of imidazole rings is 1. The molecule has 7 rings (SSSR count). The number of nitrogens with zero attached hydrogens (tertiary/aromatic N) is 3. The molecule has 0 aliphatic heterocycles. The molecule has 0 aliphatic rings. The first-order valence-electron chi connectivity index (χ1n) is 18.0. The number of urea groups is 1. The molecule has 2 aromatic heterocycles. The topological polar surface area (TPSA) is 246 Å². The second-order valence-electron chi connectivity index (χ2n) is 13.3. The van der Waals surface area contributed by atoms with E-state index in [9.17, 15) is 30.0 Å². The highest BCUT2D eigenvalue weighted by Crippen LogP contribution is 2.30. The molecule has 0 unspecified atom stereocenters. The number of carbonyl (C=O) groups is 1. The Bertz CT molecular complexity index is 2810. The Kier molecular flexibility index (Phi) is 14.3. The average molecular weight is 874 g/mol. The molecule has 0 aliphatic carbocycles. The number of nitrogens with one attached hydrogen (secondary N) is 3. The summed E-state index contributed by atoms with van der Waals surface area (Å²) in [4.78, 5) is 17.1. The van der Waals surface area contributed by atoms with Crippen LogP contribution in [0, 0.1) is 20.8 Å². The van der Waals surface area contributed by atoms with E-state index in [1.54, 1.807) is 49.7 Å². The number of hydrogen-bond donors (Lipinski definition) is 5. The normalized spacial score (nSPS) is 11.4. The fourth-order valence-corrected chi connectivity index (χ4v) is 7.44. The van der Waals surface area contributed by atoms with Crippen molar-refractivity contribution in [2.24, 2.45) is 5.14 Å². The van der Waals surface area contributed by atoms with Gasteiger partial charge in [0.1, 0.15) is 11.4 Å². The number of aromatic amines is 1. The fraction of sp³-hybridized carbons (Fsp3) is 0.146. The summed E-state index contributed by atoms with van der Waals surface area (Å²) in [5, 5.41) is 14.5. The highest BCUT2D eigenvalue weighted by molar-refractivity contribution is 7.90. The van der Waals surface area contributed by atoms with Gasteiger partial charge in [0.05, 0.1) is 32.8 Å². The molecule has 0 saturated carbocycles. The number of rotatable bonds is 10. The summed E-state index contributed by atoms with van der Waals surface area (Å²) >= 11 is 0. The van der Waals surface area contributed by atoms with Crippen LogP contribution in [0.5, 0.6) is 5.75 Å². The van der Waals surface area contributed by atoms with Crippen molar-refractivity contribution < 1.29 is 39.3 Å². The van der Waals surface area contributed by atoms with Crippen LogP contribution in [-0.2, 0) is 36.6 Å². The minimum Gasteiger partial charge on any atom is -0.497 e. The van der Waals surface area contributed by atoms with Crippen molar-refractivity contribution in [3.05, 3.63) is 150 Å². The zero-order chi connectivity index (χ0) is 43.7. The van der Waals surface area contributed by atoms with E-state index in [-0.39, 0.29) is 21.2 Å². The SMILES string of the molecule is COc1ccc2c(c1)nc(-c1ccn[nH]1)n2-c1ccc(CCNC(=O)NS(=O)(=O)c2ccc(C)cc2)cc1.Cc1ccc(S(=O)(=O)O)cc1.Cc1ccc(S(N)(=O)=O)cc1. The summed E-state index contributed by atoms with van der Waals surface area (Å²) in [6.45, 7) is 5.85. The number of amides is 2. The third kappa shape index (κ3) is 12.1. The van der Waals surface area contributed by atoms with Gasteiger partial charge in [0.15, 0.2) is 5.82 Å². The highest BCUT2D eigenvalue weighted by Gasteiger charge is 2.18. The number of primary sulfonamides is 1. The standard InChI is InChI=1S/C27H26N6O4S.C7H9NO2S.C7H8O3S/c1-18-3-10-22(11-4-18)38(35,36)32-27(34)28-15-13-19-5-7-20(8-6-19)33-25-12-9-21(37-2)17-24(25)30-26(33)23-14-16-29-31-23;2*1-6-2-4-7(5-3-6)11(8,9)10/h3-12,14,16-17H,13,15H2,1-2H3,(H,29,31)(H2,28,32,34);2-5H,1H3,(H2,8,9,10);2-5H,1H3,(H,8,9,10). The summed E-state index contributed by atoms with van der Waals surface area (Å²) < 4.78 is 85.2. The second kappa shape index (κ2) is 19.1. The first-order chi connectivity index (χ1) is 28.3. The second-order valence-corrected chi connectivity index (χ2v) is 18.0. The molecule has 7 aromatic rings. The molecule has 0 atom stereocenters. The molecule has 0 radical (unpaired) electrons. The molecule has 0 saturated heterocycles. The Morgan fingerprint density at radius 2 is 1.30 bits per heavy atom. The molecule has 2 heterocycles. The van der Waals surface area contributed by atoms with E-state index in [1.807, 2.05) is 78.6 Å². The number of H-pyrrole nitrogens is 1. The lowest BCUT2D eigenvalue weighted by Gasteiger charge is -2.11. The molecule has 0 fully saturated rings. The van der Waals surface area contributed by atoms with Gasteiger partial charge in [-0.05, 0) is 99.5 Å². The van der Waals surface area contributed by atoms with Gasteiger partial charge in [0.25, 0.3) is 20.1 Å². The third-order valence-corrected chi connectivity index (χ3v) is 11.9. The van der Waals surface area contributed by atoms with Crippen molar-refractivity contribution in [3.8, 4) is 23.0 Å². The van der Waals surface area contributed by atoms with Crippen molar-refractivity contribution >= 4 is 47.2 Å². The van der Waals surface area contributed by atoms with Crippen LogP contribution in [0.15, 0.2) is 142 Å². The van der Waals surface area contributed by atoms with Crippen molar-refractivity contribution in [2.75, 3.05) is 13.7 Å². The maximum Gasteiger partial charge on any atom is 0.328 e. The number of ether oxygens (including phenoxy) is 1. The Morgan fingerprint density at radius 3 is 1.80 bits per heavy atom. The monoisotopic (exact) mass is 873 g/mol. The first kappa shape index (κ1) is 44.7. The van der Waals surface area contributed by atoms with Gasteiger partial charge in [-0.3, -0.25) is 14.2 Å². The smallest absolute Gasteiger partial charge is 0.328 e. The number of carbonyl (C=O) groups excluding carboxylic acids is 1. The maximum absolute atomic E-state index is 12.4. The summed E-state index contributed by atoms with van der Waals surface area (Å²) in [7, 11) is -9.85. The van der Waals surface area contributed by atoms with Crippen LogP contribution < -0.4 is 19.9 Å². The summed E-state index contributed by atoms with van der Waals surface area (Å²) in [6, 6.07) is 33.4. The molecule has 0 spiro atoms. The minimum absolute atomic E-state index is 0.0359. The Balaban J connectivity index is 0.000000252. The molecule has 2 amide bonds. The van der Waals surface area contributed by atoms with E-state index >= 15 is 0 Å². The molecule has 5 aromatic carbocycles. The third-order valence-electron chi connectivity index (χ3n) is 8.72. The number of aryl methyl sites for hydroxylation is 3. The van der Waals surface area contributed by atoms with E-state index in [0.29, 0.717) is 12.2 Å². The molecule has 19 heteroatoms. The van der Waals surface area contributed by atoms with Gasteiger partial charge in [-0.25, -0.2) is 36.5 Å². The highest BCUT2D eigenvalue weighted by atomic mass is 32.2. The van der Waals surface area contributed by atoms with Gasteiger partial charge in [-0.1, -0.05) is 65.2 Å². The van der Waals surface area contributed by atoms with E-state index in [0.717, 1.165) is 50.4 Å². The van der Waals surface area contributed by atoms with Gasteiger partial charge in [0.2, 0.25) is 10.0 Å². The van der Waals surface area contributed by atoms with Crippen LogP contribution in [-0.4, -0.2) is 69.2 Å². The van der Waals surface area contributed by atoms with Gasteiger partial charge in [0, 0.05) is 24.5 Å². The van der Waals surface area contributed by atoms with E-state index in [1.165, 1.54) is 36.4 Å². The largest absolute Gasteiger partial charge is 0.497 e. The van der Waals surface area contributed by atoms with Crippen molar-refractivity contribution in [2.45, 2.75) is 41.9 Å². The lowest BCUT2D eigenvalue weighted by atomic mass is 10.1. The van der Waals surface area contributed by atoms with Crippen LogP contribution >= 0.6 is 0 Å². The van der Waals surface area contributed by atoms with Crippen LogP contribution in [0.3, 0.4) is 0 Å². The number of fused-ring (bicyclic) bond motifs is 1. The Hall–Kier alpha value is -6.38. The Labute approximate surface area is 348 Å². The first-order valence-corrected chi connectivity index (χ1v) is 22.5. The quantitative estimate of drug-likeness (QED) is 0.102. The van der Waals surface area contributed by atoms with E-state index in [2.05, 4.69) is 15.5 Å².